The minimum atomic E-state index is -0.226. The van der Waals surface area contributed by atoms with E-state index in [1.807, 2.05) is 68.4 Å². The van der Waals surface area contributed by atoms with Crippen molar-refractivity contribution in [2.45, 2.75) is 20.4 Å². The first-order valence-corrected chi connectivity index (χ1v) is 10.1. The SMILES string of the molecule is COc1ccccc1C(=O)N(Cc1cc2cc(C)ccc2[nH]c1=O)c1ccccc1C. The number of hydrogen-bond acceptors (Lipinski definition) is 3. The molecule has 1 heterocycles. The Morgan fingerprint density at radius 2 is 1.71 bits per heavy atom. The summed E-state index contributed by atoms with van der Waals surface area (Å²) < 4.78 is 5.41. The highest BCUT2D eigenvalue weighted by atomic mass is 16.5. The summed E-state index contributed by atoms with van der Waals surface area (Å²) in [6, 6.07) is 22.5. The average Bonchev–Trinajstić information content (AvgIpc) is 2.78. The van der Waals surface area contributed by atoms with E-state index in [-0.39, 0.29) is 18.0 Å². The second kappa shape index (κ2) is 8.48. The first-order chi connectivity index (χ1) is 15.0. The molecule has 0 aliphatic carbocycles. The van der Waals surface area contributed by atoms with Gasteiger partial charge in [0.15, 0.2) is 0 Å². The molecule has 0 spiro atoms. The number of carbonyl (C=O) groups is 1. The van der Waals surface area contributed by atoms with E-state index in [9.17, 15) is 9.59 Å². The molecule has 3 aromatic carbocycles. The number of carbonyl (C=O) groups excluding carboxylic acids is 1. The van der Waals surface area contributed by atoms with Gasteiger partial charge in [-0.1, -0.05) is 42.0 Å². The van der Waals surface area contributed by atoms with E-state index in [0.717, 1.165) is 27.7 Å². The van der Waals surface area contributed by atoms with Crippen LogP contribution in [-0.4, -0.2) is 18.0 Å². The first kappa shape index (κ1) is 20.4. The number of aromatic nitrogens is 1. The minimum Gasteiger partial charge on any atom is -0.496 e. The summed E-state index contributed by atoms with van der Waals surface area (Å²) in [5.41, 5.74) is 4.33. The third kappa shape index (κ3) is 4.08. The second-order valence-electron chi connectivity index (χ2n) is 7.59. The summed E-state index contributed by atoms with van der Waals surface area (Å²) in [7, 11) is 1.54. The summed E-state index contributed by atoms with van der Waals surface area (Å²) in [5.74, 6) is 0.268. The molecule has 1 amide bonds. The van der Waals surface area contributed by atoms with Crippen molar-refractivity contribution in [3.8, 4) is 5.75 Å². The number of nitrogens with one attached hydrogen (secondary N) is 1. The number of methoxy groups -OCH3 is 1. The number of pyridine rings is 1. The fourth-order valence-electron chi connectivity index (χ4n) is 3.76. The zero-order chi connectivity index (χ0) is 22.0. The molecule has 0 atom stereocenters. The molecule has 31 heavy (non-hydrogen) atoms. The van der Waals surface area contributed by atoms with Gasteiger partial charge in [0.05, 0.1) is 19.2 Å². The Hall–Kier alpha value is -3.86. The molecule has 5 heteroatoms. The number of para-hydroxylation sites is 2. The van der Waals surface area contributed by atoms with Crippen LogP contribution in [0.1, 0.15) is 27.0 Å². The lowest BCUT2D eigenvalue weighted by Crippen LogP contribution is -2.33. The lowest BCUT2D eigenvalue weighted by atomic mass is 10.1. The van der Waals surface area contributed by atoms with Gasteiger partial charge in [-0.15, -0.1) is 0 Å². The fraction of sp³-hybridized carbons (Fsp3) is 0.154. The number of nitrogens with zero attached hydrogens (tertiary/aromatic N) is 1. The molecular formula is C26H24N2O3. The fourth-order valence-corrected chi connectivity index (χ4v) is 3.76. The summed E-state index contributed by atoms with van der Waals surface area (Å²) in [5, 5.41) is 0.934. The molecule has 0 bridgehead atoms. The van der Waals surface area contributed by atoms with E-state index in [1.165, 1.54) is 0 Å². The van der Waals surface area contributed by atoms with Gasteiger partial charge in [0.2, 0.25) is 0 Å². The number of rotatable bonds is 5. The number of aryl methyl sites for hydroxylation is 2. The van der Waals surface area contributed by atoms with Gasteiger partial charge in [0, 0.05) is 16.8 Å². The summed E-state index contributed by atoms with van der Waals surface area (Å²) in [6.07, 6.45) is 0. The van der Waals surface area contributed by atoms with Crippen molar-refractivity contribution in [2.75, 3.05) is 12.0 Å². The Labute approximate surface area is 180 Å². The molecule has 0 unspecified atom stereocenters. The maximum absolute atomic E-state index is 13.6. The predicted octanol–water partition coefficient (Wildman–Crippen LogP) is 5.00. The van der Waals surface area contributed by atoms with Crippen LogP contribution in [0.2, 0.25) is 0 Å². The van der Waals surface area contributed by atoms with Gasteiger partial charge < -0.3 is 14.6 Å². The van der Waals surface area contributed by atoms with E-state index < -0.39 is 0 Å². The summed E-state index contributed by atoms with van der Waals surface area (Å²) >= 11 is 0. The molecular weight excluding hydrogens is 388 g/mol. The highest BCUT2D eigenvalue weighted by Crippen LogP contribution is 2.27. The van der Waals surface area contributed by atoms with Gasteiger partial charge in [-0.3, -0.25) is 9.59 Å². The Morgan fingerprint density at radius 3 is 2.48 bits per heavy atom. The van der Waals surface area contributed by atoms with Gasteiger partial charge in [-0.05, 0) is 61.2 Å². The molecule has 0 saturated carbocycles. The first-order valence-electron chi connectivity index (χ1n) is 10.1. The number of H-pyrrole nitrogens is 1. The molecule has 156 valence electrons. The summed E-state index contributed by atoms with van der Waals surface area (Å²) in [4.78, 5) is 31.1. The topological polar surface area (TPSA) is 62.4 Å². The van der Waals surface area contributed by atoms with Gasteiger partial charge in [-0.25, -0.2) is 0 Å². The molecule has 1 aromatic heterocycles. The van der Waals surface area contributed by atoms with Crippen molar-refractivity contribution in [1.82, 2.24) is 4.98 Å². The van der Waals surface area contributed by atoms with Gasteiger partial charge in [0.25, 0.3) is 11.5 Å². The Kier molecular flexibility index (Phi) is 5.58. The van der Waals surface area contributed by atoms with Crippen molar-refractivity contribution in [2.24, 2.45) is 0 Å². The van der Waals surface area contributed by atoms with Gasteiger partial charge in [-0.2, -0.15) is 0 Å². The third-order valence-corrected chi connectivity index (χ3v) is 5.39. The Bertz CT molecular complexity index is 1320. The number of aromatic amines is 1. The van der Waals surface area contributed by atoms with Crippen LogP contribution in [-0.2, 0) is 6.54 Å². The highest BCUT2D eigenvalue weighted by molar-refractivity contribution is 6.08. The van der Waals surface area contributed by atoms with Crippen molar-refractivity contribution in [3.63, 3.8) is 0 Å². The second-order valence-corrected chi connectivity index (χ2v) is 7.59. The quantitative estimate of drug-likeness (QED) is 0.502. The monoisotopic (exact) mass is 412 g/mol. The predicted molar refractivity (Wildman–Crippen MR) is 124 cm³/mol. The molecule has 1 N–H and O–H groups in total. The van der Waals surface area contributed by atoms with Crippen molar-refractivity contribution in [1.29, 1.82) is 0 Å². The van der Waals surface area contributed by atoms with Crippen LogP contribution in [0.3, 0.4) is 0 Å². The molecule has 4 aromatic rings. The van der Waals surface area contributed by atoms with Gasteiger partial charge in [0.1, 0.15) is 5.75 Å². The molecule has 4 rings (SSSR count). The number of benzene rings is 3. The maximum atomic E-state index is 13.6. The number of amides is 1. The van der Waals surface area contributed by atoms with Crippen molar-refractivity contribution < 1.29 is 9.53 Å². The van der Waals surface area contributed by atoms with E-state index in [0.29, 0.717) is 16.9 Å². The zero-order valence-electron chi connectivity index (χ0n) is 17.8. The van der Waals surface area contributed by atoms with Crippen LogP contribution in [0, 0.1) is 13.8 Å². The maximum Gasteiger partial charge on any atom is 0.262 e. The molecule has 0 aliphatic rings. The van der Waals surface area contributed by atoms with Crippen LogP contribution in [0.25, 0.3) is 10.9 Å². The Balaban J connectivity index is 1.83. The smallest absolute Gasteiger partial charge is 0.262 e. The lowest BCUT2D eigenvalue weighted by Gasteiger charge is -2.25. The normalized spacial score (nSPS) is 10.8. The number of fused-ring (bicyclic) bond motifs is 1. The Morgan fingerprint density at radius 1 is 0.968 bits per heavy atom. The van der Waals surface area contributed by atoms with Gasteiger partial charge >= 0.3 is 0 Å². The van der Waals surface area contributed by atoms with E-state index in [4.69, 9.17) is 4.74 Å². The zero-order valence-corrected chi connectivity index (χ0v) is 17.8. The molecule has 0 radical (unpaired) electrons. The standard InChI is InChI=1S/C26H24N2O3/c1-17-12-13-22-19(14-17)15-20(25(29)27-22)16-28(23-10-6-4-8-18(23)2)26(30)21-9-5-7-11-24(21)31-3/h4-15H,16H2,1-3H3,(H,27,29). The van der Waals surface area contributed by atoms with Crippen molar-refractivity contribution >= 4 is 22.5 Å². The summed E-state index contributed by atoms with van der Waals surface area (Å²) in [6.45, 7) is 4.10. The lowest BCUT2D eigenvalue weighted by molar-refractivity contribution is 0.0982. The molecule has 0 fully saturated rings. The number of anilines is 1. The minimum absolute atomic E-state index is 0.140. The van der Waals surface area contributed by atoms with Crippen molar-refractivity contribution in [3.05, 3.63) is 105 Å². The van der Waals surface area contributed by atoms with Crippen LogP contribution < -0.4 is 15.2 Å². The van der Waals surface area contributed by atoms with Crippen LogP contribution in [0.5, 0.6) is 5.75 Å². The van der Waals surface area contributed by atoms with Crippen LogP contribution in [0.4, 0.5) is 5.69 Å². The number of ether oxygens (including phenoxy) is 1. The van der Waals surface area contributed by atoms with E-state index in [2.05, 4.69) is 4.98 Å². The number of hydrogen-bond donors (Lipinski definition) is 1. The van der Waals surface area contributed by atoms with E-state index in [1.54, 1.807) is 30.2 Å². The third-order valence-electron chi connectivity index (χ3n) is 5.39. The molecule has 5 nitrogen and oxygen atoms in total. The largest absolute Gasteiger partial charge is 0.496 e. The van der Waals surface area contributed by atoms with E-state index >= 15 is 0 Å². The van der Waals surface area contributed by atoms with Crippen LogP contribution >= 0.6 is 0 Å². The highest BCUT2D eigenvalue weighted by Gasteiger charge is 2.23. The molecule has 0 aliphatic heterocycles. The average molecular weight is 412 g/mol. The van der Waals surface area contributed by atoms with Crippen LogP contribution in [0.15, 0.2) is 77.6 Å². The molecule has 0 saturated heterocycles.